The maximum Gasteiger partial charge on any atom is 0.159 e. The molecule has 0 saturated heterocycles. The van der Waals surface area contributed by atoms with Crippen molar-refractivity contribution < 1.29 is 0 Å². The van der Waals surface area contributed by atoms with Gasteiger partial charge in [-0.2, -0.15) is 0 Å². The molecule has 0 aliphatic carbocycles. The second-order valence-corrected chi connectivity index (χ2v) is 4.71. The molecule has 0 aliphatic rings. The molecule has 0 fully saturated rings. The van der Waals surface area contributed by atoms with Crippen molar-refractivity contribution in [2.45, 2.75) is 19.6 Å². The number of nitrogens with zero attached hydrogens (tertiary/aromatic N) is 1. The van der Waals surface area contributed by atoms with E-state index in [2.05, 4.69) is 17.1 Å². The Kier molecular flexibility index (Phi) is 4.84. The average Bonchev–Trinajstić information content (AvgIpc) is 2.15. The van der Waals surface area contributed by atoms with Crippen molar-refractivity contribution in [3.05, 3.63) is 35.9 Å². The van der Waals surface area contributed by atoms with Gasteiger partial charge in [0.25, 0.3) is 0 Å². The molecule has 1 aromatic rings. The van der Waals surface area contributed by atoms with E-state index >= 15 is 0 Å². The molecule has 0 aromatic heterocycles. The molecule has 0 saturated carbocycles. The smallest absolute Gasteiger partial charge is 0.159 e. The molecule has 14 heavy (non-hydrogen) atoms. The maximum absolute atomic E-state index is 5.10. The van der Waals surface area contributed by atoms with E-state index in [4.69, 9.17) is 12.2 Å². The first-order chi connectivity index (χ1) is 6.68. The van der Waals surface area contributed by atoms with Gasteiger partial charge in [-0.15, -0.1) is 0 Å². The molecule has 0 amide bonds. The standard InChI is InChI=1S/C11H13NS2/c1-9(2)12-11(13)14-8-10-6-4-3-5-7-10/h3-7H,8H2,1-2H3. The largest absolute Gasteiger partial charge is 0.240 e. The first-order valence-corrected chi connectivity index (χ1v) is 5.80. The molecule has 0 bridgehead atoms. The Hall–Kier alpha value is -0.670. The lowest BCUT2D eigenvalue weighted by Crippen LogP contribution is -1.89. The van der Waals surface area contributed by atoms with Crippen molar-refractivity contribution in [3.8, 4) is 0 Å². The van der Waals surface area contributed by atoms with Gasteiger partial charge in [0, 0.05) is 11.5 Å². The van der Waals surface area contributed by atoms with Crippen molar-refractivity contribution >= 4 is 34.0 Å². The first-order valence-electron chi connectivity index (χ1n) is 4.41. The summed E-state index contributed by atoms with van der Waals surface area (Å²) >= 11 is 6.71. The quantitative estimate of drug-likeness (QED) is 0.560. The molecule has 0 N–H and O–H groups in total. The van der Waals surface area contributed by atoms with Gasteiger partial charge in [0.2, 0.25) is 0 Å². The third-order valence-corrected chi connectivity index (χ3v) is 2.78. The zero-order valence-electron chi connectivity index (χ0n) is 8.36. The maximum atomic E-state index is 5.10. The van der Waals surface area contributed by atoms with Gasteiger partial charge in [0.05, 0.1) is 0 Å². The number of hydrogen-bond acceptors (Lipinski definition) is 2. The molecule has 0 unspecified atom stereocenters. The molecule has 3 heteroatoms. The summed E-state index contributed by atoms with van der Waals surface area (Å²) < 4.78 is 0.717. The highest BCUT2D eigenvalue weighted by atomic mass is 32.2. The van der Waals surface area contributed by atoms with Crippen LogP contribution in [0.4, 0.5) is 0 Å². The van der Waals surface area contributed by atoms with Gasteiger partial charge >= 0.3 is 0 Å². The Morgan fingerprint density at radius 3 is 2.50 bits per heavy atom. The lowest BCUT2D eigenvalue weighted by molar-refractivity contribution is 1.42. The fourth-order valence-electron chi connectivity index (χ4n) is 0.934. The summed E-state index contributed by atoms with van der Waals surface area (Å²) in [5.74, 6) is 0.899. The number of benzene rings is 1. The van der Waals surface area contributed by atoms with E-state index in [1.165, 1.54) is 5.56 Å². The lowest BCUT2D eigenvalue weighted by atomic mass is 10.2. The Labute approximate surface area is 94.6 Å². The van der Waals surface area contributed by atoms with Gasteiger partial charge in [-0.05, 0) is 19.4 Å². The normalized spacial score (nSPS) is 9.57. The fourth-order valence-corrected chi connectivity index (χ4v) is 2.02. The Morgan fingerprint density at radius 1 is 1.29 bits per heavy atom. The molecular formula is C11H13NS2. The summed E-state index contributed by atoms with van der Waals surface area (Å²) in [7, 11) is 0. The first kappa shape index (κ1) is 11.4. The van der Waals surface area contributed by atoms with E-state index < -0.39 is 0 Å². The summed E-state index contributed by atoms with van der Waals surface area (Å²) in [4.78, 5) is 4.20. The summed E-state index contributed by atoms with van der Waals surface area (Å²) in [5, 5.41) is 0. The second-order valence-electron chi connectivity index (χ2n) is 3.10. The van der Waals surface area contributed by atoms with E-state index in [9.17, 15) is 0 Å². The zero-order chi connectivity index (χ0) is 10.4. The van der Waals surface area contributed by atoms with Crippen LogP contribution in [0.25, 0.3) is 0 Å². The van der Waals surface area contributed by atoms with Crippen molar-refractivity contribution in [1.82, 2.24) is 0 Å². The highest BCUT2D eigenvalue weighted by Gasteiger charge is 1.96. The van der Waals surface area contributed by atoms with E-state index in [1.54, 1.807) is 11.8 Å². The van der Waals surface area contributed by atoms with Gasteiger partial charge in [-0.3, -0.25) is 0 Å². The van der Waals surface area contributed by atoms with Crippen LogP contribution in [0.1, 0.15) is 19.4 Å². The number of hydrogen-bond donors (Lipinski definition) is 0. The van der Waals surface area contributed by atoms with Gasteiger partial charge in [0.1, 0.15) is 0 Å². The van der Waals surface area contributed by atoms with Crippen LogP contribution in [0.3, 0.4) is 0 Å². The molecule has 1 nitrogen and oxygen atoms in total. The minimum atomic E-state index is 0.717. The molecule has 1 aromatic carbocycles. The van der Waals surface area contributed by atoms with Crippen LogP contribution in [0.5, 0.6) is 0 Å². The predicted octanol–water partition coefficient (Wildman–Crippen LogP) is 3.69. The van der Waals surface area contributed by atoms with Gasteiger partial charge in [-0.1, -0.05) is 54.3 Å². The van der Waals surface area contributed by atoms with Crippen molar-refractivity contribution in [2.75, 3.05) is 0 Å². The Balaban J connectivity index is 2.42. The van der Waals surface area contributed by atoms with Crippen molar-refractivity contribution in [1.29, 1.82) is 0 Å². The van der Waals surface area contributed by atoms with Gasteiger partial charge in [0.15, 0.2) is 4.32 Å². The van der Waals surface area contributed by atoms with Crippen LogP contribution < -0.4 is 0 Å². The minimum Gasteiger partial charge on any atom is -0.240 e. The van der Waals surface area contributed by atoms with Gasteiger partial charge < -0.3 is 0 Å². The molecule has 74 valence electrons. The van der Waals surface area contributed by atoms with Gasteiger partial charge in [-0.25, -0.2) is 4.99 Å². The van der Waals surface area contributed by atoms with Crippen LogP contribution in [-0.2, 0) is 5.75 Å². The third-order valence-electron chi connectivity index (χ3n) is 1.52. The molecule has 0 atom stereocenters. The number of thioether (sulfide) groups is 1. The van der Waals surface area contributed by atoms with E-state index in [-0.39, 0.29) is 0 Å². The lowest BCUT2D eigenvalue weighted by Gasteiger charge is -1.99. The average molecular weight is 223 g/mol. The van der Waals surface area contributed by atoms with Crippen LogP contribution >= 0.6 is 24.0 Å². The summed E-state index contributed by atoms with van der Waals surface area (Å²) in [5.41, 5.74) is 2.29. The highest BCUT2D eigenvalue weighted by Crippen LogP contribution is 2.14. The zero-order valence-corrected chi connectivity index (χ0v) is 9.99. The molecule has 0 radical (unpaired) electrons. The highest BCUT2D eigenvalue weighted by molar-refractivity contribution is 8.22. The third kappa shape index (κ3) is 4.53. The SMILES string of the molecule is CC(C)=NC(=S)SCc1ccccc1. The minimum absolute atomic E-state index is 0.717. The van der Waals surface area contributed by atoms with Crippen LogP contribution in [0.2, 0.25) is 0 Å². The monoisotopic (exact) mass is 223 g/mol. The molecular weight excluding hydrogens is 210 g/mol. The Bertz CT molecular complexity index is 326. The van der Waals surface area contributed by atoms with Crippen LogP contribution in [0, 0.1) is 0 Å². The molecule has 0 heterocycles. The number of rotatable bonds is 2. The summed E-state index contributed by atoms with van der Waals surface area (Å²) in [6.45, 7) is 3.91. The number of thiocarbonyl (C=S) groups is 1. The van der Waals surface area contributed by atoms with E-state index in [1.807, 2.05) is 32.0 Å². The molecule has 0 spiro atoms. The van der Waals surface area contributed by atoms with E-state index in [0.29, 0.717) is 4.32 Å². The fraction of sp³-hybridized carbons (Fsp3) is 0.273. The van der Waals surface area contributed by atoms with Crippen LogP contribution in [0.15, 0.2) is 35.3 Å². The van der Waals surface area contributed by atoms with Crippen molar-refractivity contribution in [3.63, 3.8) is 0 Å². The summed E-state index contributed by atoms with van der Waals surface area (Å²) in [6.07, 6.45) is 0. The summed E-state index contributed by atoms with van der Waals surface area (Å²) in [6, 6.07) is 10.3. The number of aliphatic imine (C=N–C) groups is 1. The second kappa shape index (κ2) is 5.94. The molecule has 0 aliphatic heterocycles. The Morgan fingerprint density at radius 2 is 1.93 bits per heavy atom. The van der Waals surface area contributed by atoms with E-state index in [0.717, 1.165) is 11.5 Å². The molecule has 1 rings (SSSR count). The van der Waals surface area contributed by atoms with Crippen molar-refractivity contribution in [2.24, 2.45) is 4.99 Å². The topological polar surface area (TPSA) is 12.4 Å². The van der Waals surface area contributed by atoms with Crippen LogP contribution in [-0.4, -0.2) is 10.0 Å². The predicted molar refractivity (Wildman–Crippen MR) is 69.1 cm³/mol.